The molecule has 3 rings (SSSR count). The molecule has 1 fully saturated rings. The van der Waals surface area contributed by atoms with Crippen molar-refractivity contribution in [1.82, 2.24) is 0 Å². The first-order valence-electron chi connectivity index (χ1n) is 4.92. The Balaban J connectivity index is 2.16. The Hall–Kier alpha value is -0.670. The van der Waals surface area contributed by atoms with Crippen molar-refractivity contribution in [1.29, 1.82) is 0 Å². The summed E-state index contributed by atoms with van der Waals surface area (Å²) in [4.78, 5) is 14.8. The summed E-state index contributed by atoms with van der Waals surface area (Å²) in [6.45, 7) is 2.12. The minimum Gasteiger partial charge on any atom is -0.296 e. The fourth-order valence-corrected chi connectivity index (χ4v) is 3.96. The van der Waals surface area contributed by atoms with E-state index in [2.05, 4.69) is 6.92 Å². The van der Waals surface area contributed by atoms with Crippen LogP contribution in [0.5, 0.6) is 0 Å². The molecule has 1 atom stereocenters. The van der Waals surface area contributed by atoms with Crippen LogP contribution in [0, 0.1) is 0 Å². The van der Waals surface area contributed by atoms with Gasteiger partial charge in [-0.25, -0.2) is 0 Å². The minimum atomic E-state index is -0.0793. The van der Waals surface area contributed by atoms with Crippen LogP contribution in [0.2, 0.25) is 5.02 Å². The quantitative estimate of drug-likeness (QED) is 0.693. The zero-order chi connectivity index (χ0) is 10.6. The lowest BCUT2D eigenvalue weighted by Crippen LogP contribution is -2.36. The number of hydrogen-bond acceptors (Lipinski definition) is 2. The molecule has 1 amide bonds. The summed E-state index contributed by atoms with van der Waals surface area (Å²) < 4.78 is 0. The average molecular weight is 240 g/mol. The molecule has 4 heteroatoms. The number of benzene rings is 1. The van der Waals surface area contributed by atoms with E-state index in [4.69, 9.17) is 11.6 Å². The van der Waals surface area contributed by atoms with Crippen molar-refractivity contribution in [2.75, 3.05) is 4.90 Å². The molecule has 0 saturated carbocycles. The van der Waals surface area contributed by atoms with Gasteiger partial charge in [-0.05, 0) is 31.5 Å². The van der Waals surface area contributed by atoms with E-state index in [9.17, 15) is 4.79 Å². The second kappa shape index (κ2) is 2.92. The number of nitrogens with zero attached hydrogens (tertiary/aromatic N) is 1. The number of anilines is 1. The average Bonchev–Trinajstić information content (AvgIpc) is 2.60. The highest BCUT2D eigenvalue weighted by atomic mass is 35.5. The van der Waals surface area contributed by atoms with Crippen molar-refractivity contribution < 1.29 is 4.79 Å². The molecule has 0 spiro atoms. The minimum absolute atomic E-state index is 0.0793. The maximum atomic E-state index is 11.8. The zero-order valence-corrected chi connectivity index (χ0v) is 9.86. The lowest BCUT2D eigenvalue weighted by atomic mass is 10.2. The van der Waals surface area contributed by atoms with Gasteiger partial charge in [0.1, 0.15) is 0 Å². The fraction of sp³-hybridized carbons (Fsp3) is 0.364. The van der Waals surface area contributed by atoms with Gasteiger partial charge in [-0.1, -0.05) is 23.4 Å². The molecule has 1 aromatic carbocycles. The second-order valence-corrected chi connectivity index (χ2v) is 6.08. The van der Waals surface area contributed by atoms with Crippen LogP contribution in [0.1, 0.15) is 19.8 Å². The van der Waals surface area contributed by atoms with E-state index in [1.807, 2.05) is 23.1 Å². The van der Waals surface area contributed by atoms with Crippen LogP contribution in [0.15, 0.2) is 23.1 Å². The van der Waals surface area contributed by atoms with Gasteiger partial charge in [0.15, 0.2) is 0 Å². The molecule has 2 aliphatic rings. The van der Waals surface area contributed by atoms with Crippen molar-refractivity contribution in [2.24, 2.45) is 0 Å². The van der Waals surface area contributed by atoms with Crippen LogP contribution in [-0.4, -0.2) is 10.8 Å². The summed E-state index contributed by atoms with van der Waals surface area (Å²) in [5.74, 6) is 0.228. The van der Waals surface area contributed by atoms with Crippen LogP contribution in [0.3, 0.4) is 0 Å². The van der Waals surface area contributed by atoms with E-state index in [0.29, 0.717) is 6.42 Å². The molecule has 1 aromatic rings. The van der Waals surface area contributed by atoms with Gasteiger partial charge in [0.2, 0.25) is 5.91 Å². The molecule has 2 heterocycles. The van der Waals surface area contributed by atoms with Crippen LogP contribution < -0.4 is 4.90 Å². The van der Waals surface area contributed by atoms with E-state index >= 15 is 0 Å². The molecule has 1 unspecified atom stereocenters. The first-order chi connectivity index (χ1) is 7.10. The van der Waals surface area contributed by atoms with Crippen molar-refractivity contribution in [3.8, 4) is 0 Å². The Kier molecular flexibility index (Phi) is 1.86. The first kappa shape index (κ1) is 9.55. The van der Waals surface area contributed by atoms with Crippen LogP contribution >= 0.6 is 23.4 Å². The van der Waals surface area contributed by atoms with Crippen molar-refractivity contribution in [3.63, 3.8) is 0 Å². The fourth-order valence-electron chi connectivity index (χ4n) is 2.30. The van der Waals surface area contributed by atoms with Gasteiger partial charge in [0.25, 0.3) is 0 Å². The van der Waals surface area contributed by atoms with Gasteiger partial charge >= 0.3 is 0 Å². The van der Waals surface area contributed by atoms with Gasteiger partial charge in [-0.15, -0.1) is 0 Å². The SMILES string of the molecule is CC12CCC(=O)N1c1ccc(Cl)cc1S2. The standard InChI is InChI=1S/C11H10ClNOS/c1-11-5-4-10(14)13(11)8-3-2-7(12)6-9(8)15-11/h2-3,6H,4-5H2,1H3. The molecule has 2 nitrogen and oxygen atoms in total. The van der Waals surface area contributed by atoms with Crippen LogP contribution in [-0.2, 0) is 4.79 Å². The number of carbonyl (C=O) groups is 1. The molecular weight excluding hydrogens is 230 g/mol. The molecule has 2 aliphatic heterocycles. The smallest absolute Gasteiger partial charge is 0.228 e. The summed E-state index contributed by atoms with van der Waals surface area (Å²) in [7, 11) is 0. The predicted octanol–water partition coefficient (Wildman–Crippen LogP) is 3.29. The molecule has 0 radical (unpaired) electrons. The van der Waals surface area contributed by atoms with Crippen molar-refractivity contribution in [2.45, 2.75) is 29.5 Å². The third kappa shape index (κ3) is 1.23. The van der Waals surface area contributed by atoms with Crippen LogP contribution in [0.4, 0.5) is 5.69 Å². The number of halogens is 1. The summed E-state index contributed by atoms with van der Waals surface area (Å²) in [5.41, 5.74) is 1.02. The number of amides is 1. The Morgan fingerprint density at radius 2 is 2.33 bits per heavy atom. The van der Waals surface area contributed by atoms with Gasteiger partial charge in [0, 0.05) is 16.3 Å². The van der Waals surface area contributed by atoms with Crippen LogP contribution in [0.25, 0.3) is 0 Å². The molecule has 78 valence electrons. The van der Waals surface area contributed by atoms with Gasteiger partial charge in [-0.3, -0.25) is 9.69 Å². The van der Waals surface area contributed by atoms with E-state index < -0.39 is 0 Å². The Labute approximate surface area is 97.6 Å². The lowest BCUT2D eigenvalue weighted by molar-refractivity contribution is -0.117. The summed E-state index contributed by atoms with van der Waals surface area (Å²) >= 11 is 7.69. The Morgan fingerprint density at radius 3 is 3.13 bits per heavy atom. The molecule has 0 aliphatic carbocycles. The number of carbonyl (C=O) groups excluding carboxylic acids is 1. The van der Waals surface area contributed by atoms with Gasteiger partial charge in [0.05, 0.1) is 10.6 Å². The summed E-state index contributed by atoms with van der Waals surface area (Å²) in [6.07, 6.45) is 1.58. The predicted molar refractivity (Wildman–Crippen MR) is 62.4 cm³/mol. The summed E-state index contributed by atoms with van der Waals surface area (Å²) in [5, 5.41) is 0.735. The molecule has 15 heavy (non-hydrogen) atoms. The highest BCUT2D eigenvalue weighted by Gasteiger charge is 2.48. The number of hydrogen-bond donors (Lipinski definition) is 0. The lowest BCUT2D eigenvalue weighted by Gasteiger charge is -2.26. The topological polar surface area (TPSA) is 20.3 Å². The number of fused-ring (bicyclic) bond motifs is 3. The van der Waals surface area contributed by atoms with Gasteiger partial charge in [-0.2, -0.15) is 0 Å². The molecule has 0 N–H and O–H groups in total. The zero-order valence-electron chi connectivity index (χ0n) is 8.29. The Morgan fingerprint density at radius 1 is 1.53 bits per heavy atom. The maximum Gasteiger partial charge on any atom is 0.228 e. The number of thioether (sulfide) groups is 1. The Bertz CT molecular complexity index is 462. The monoisotopic (exact) mass is 239 g/mol. The summed E-state index contributed by atoms with van der Waals surface area (Å²) in [6, 6.07) is 5.73. The number of rotatable bonds is 0. The molecule has 1 saturated heterocycles. The van der Waals surface area contributed by atoms with Crippen molar-refractivity contribution >= 4 is 35.0 Å². The maximum absolute atomic E-state index is 11.8. The molecule has 0 aromatic heterocycles. The highest BCUT2D eigenvalue weighted by molar-refractivity contribution is 8.01. The third-order valence-electron chi connectivity index (χ3n) is 3.02. The van der Waals surface area contributed by atoms with Crippen molar-refractivity contribution in [3.05, 3.63) is 23.2 Å². The molecule has 0 bridgehead atoms. The molecular formula is C11H10ClNOS. The van der Waals surface area contributed by atoms with E-state index in [1.165, 1.54) is 0 Å². The highest BCUT2D eigenvalue weighted by Crippen LogP contribution is 2.55. The van der Waals surface area contributed by atoms with E-state index in [-0.39, 0.29) is 10.8 Å². The van der Waals surface area contributed by atoms with E-state index in [0.717, 1.165) is 22.0 Å². The second-order valence-electron chi connectivity index (χ2n) is 4.12. The normalized spacial score (nSPS) is 28.1. The van der Waals surface area contributed by atoms with E-state index in [1.54, 1.807) is 11.8 Å². The third-order valence-corrected chi connectivity index (χ3v) is 4.63. The first-order valence-corrected chi connectivity index (χ1v) is 6.11. The van der Waals surface area contributed by atoms with Gasteiger partial charge < -0.3 is 0 Å². The largest absolute Gasteiger partial charge is 0.296 e.